The number of nitrogens with zero attached hydrogens (tertiary/aromatic N) is 2. The second kappa shape index (κ2) is 5.31. The third kappa shape index (κ3) is 2.85. The fourth-order valence-electron chi connectivity index (χ4n) is 1.50. The maximum absolute atomic E-state index is 13.0. The number of hydrogen-bond acceptors (Lipinski definition) is 3. The lowest BCUT2D eigenvalue weighted by molar-refractivity contribution is -0.105. The molecule has 0 radical (unpaired) electrons. The van der Waals surface area contributed by atoms with E-state index in [9.17, 15) is 9.18 Å². The first-order valence-electron chi connectivity index (χ1n) is 5.30. The van der Waals surface area contributed by atoms with Crippen molar-refractivity contribution in [1.82, 2.24) is 9.78 Å². The maximum Gasteiger partial charge on any atom is 0.211 e. The Bertz CT molecular complexity index is 554. The molecule has 2 aromatic rings. The summed E-state index contributed by atoms with van der Waals surface area (Å²) in [7, 11) is 1.81. The van der Waals surface area contributed by atoms with Gasteiger partial charge in [0.2, 0.25) is 6.41 Å². The van der Waals surface area contributed by atoms with E-state index < -0.39 is 5.82 Å². The van der Waals surface area contributed by atoms with E-state index in [1.807, 2.05) is 6.07 Å². The van der Waals surface area contributed by atoms with Gasteiger partial charge in [-0.15, -0.1) is 0 Å². The summed E-state index contributed by atoms with van der Waals surface area (Å²) in [4.78, 5) is 10.4. The number of aromatic nitrogens is 2. The van der Waals surface area contributed by atoms with Gasteiger partial charge in [-0.1, -0.05) is 0 Å². The summed E-state index contributed by atoms with van der Waals surface area (Å²) in [5.41, 5.74) is 1.04. The normalized spacial score (nSPS) is 10.1. The summed E-state index contributed by atoms with van der Waals surface area (Å²) < 4.78 is 20.2. The lowest BCUT2D eigenvalue weighted by Crippen LogP contribution is -2.02. The number of carbonyl (C=O) groups excluding carboxylic acids is 1. The maximum atomic E-state index is 13.0. The molecule has 0 bridgehead atoms. The summed E-state index contributed by atoms with van der Waals surface area (Å²) >= 11 is 0. The van der Waals surface area contributed by atoms with E-state index >= 15 is 0 Å². The van der Waals surface area contributed by atoms with Gasteiger partial charge in [0.15, 0.2) is 0 Å². The van der Waals surface area contributed by atoms with Gasteiger partial charge in [-0.05, 0) is 18.2 Å². The molecule has 0 spiro atoms. The number of benzene rings is 1. The smallest absolute Gasteiger partial charge is 0.211 e. The van der Waals surface area contributed by atoms with Crippen LogP contribution in [-0.2, 0) is 18.4 Å². The number of rotatable bonds is 5. The predicted octanol–water partition coefficient (Wildman–Crippen LogP) is 1.71. The van der Waals surface area contributed by atoms with Crippen molar-refractivity contribution in [1.29, 1.82) is 0 Å². The molecule has 0 aliphatic rings. The van der Waals surface area contributed by atoms with Crippen LogP contribution in [0.2, 0.25) is 0 Å². The van der Waals surface area contributed by atoms with Gasteiger partial charge in [0.05, 0.1) is 11.4 Å². The third-order valence-corrected chi connectivity index (χ3v) is 2.30. The number of carbonyl (C=O) groups is 1. The van der Waals surface area contributed by atoms with Crippen molar-refractivity contribution in [3.63, 3.8) is 0 Å². The fourth-order valence-corrected chi connectivity index (χ4v) is 1.50. The molecule has 1 heterocycles. The Morgan fingerprint density at radius 3 is 3.00 bits per heavy atom. The zero-order chi connectivity index (χ0) is 13.0. The zero-order valence-corrected chi connectivity index (χ0v) is 9.76. The standard InChI is InChI=1S/C12H12FN3O2/c1-16-5-4-10(15-16)7-18-12-3-2-9(13)6-11(12)14-8-17/h2-6,8H,7H2,1H3,(H,14,17). The van der Waals surface area contributed by atoms with Crippen LogP contribution in [0.4, 0.5) is 10.1 Å². The van der Waals surface area contributed by atoms with Crippen molar-refractivity contribution in [2.45, 2.75) is 6.61 Å². The van der Waals surface area contributed by atoms with E-state index in [0.29, 0.717) is 17.8 Å². The van der Waals surface area contributed by atoms with E-state index in [1.165, 1.54) is 18.2 Å². The van der Waals surface area contributed by atoms with Crippen LogP contribution in [0.5, 0.6) is 5.75 Å². The van der Waals surface area contributed by atoms with E-state index in [4.69, 9.17) is 4.74 Å². The first-order valence-corrected chi connectivity index (χ1v) is 5.30. The molecule has 18 heavy (non-hydrogen) atoms. The van der Waals surface area contributed by atoms with Gasteiger partial charge >= 0.3 is 0 Å². The number of amides is 1. The van der Waals surface area contributed by atoms with Crippen LogP contribution < -0.4 is 10.1 Å². The monoisotopic (exact) mass is 249 g/mol. The van der Waals surface area contributed by atoms with Crippen LogP contribution in [0.25, 0.3) is 0 Å². The van der Waals surface area contributed by atoms with Crippen molar-refractivity contribution in [2.24, 2.45) is 7.05 Å². The number of nitrogens with one attached hydrogen (secondary N) is 1. The van der Waals surface area contributed by atoms with Crippen LogP contribution in [0.3, 0.4) is 0 Å². The van der Waals surface area contributed by atoms with Crippen LogP contribution in [0.1, 0.15) is 5.69 Å². The van der Waals surface area contributed by atoms with Gasteiger partial charge in [-0.3, -0.25) is 9.48 Å². The Balaban J connectivity index is 2.10. The van der Waals surface area contributed by atoms with Gasteiger partial charge in [0.25, 0.3) is 0 Å². The molecular weight excluding hydrogens is 237 g/mol. The highest BCUT2D eigenvalue weighted by Crippen LogP contribution is 2.25. The topological polar surface area (TPSA) is 56.1 Å². The molecule has 1 amide bonds. The van der Waals surface area contributed by atoms with E-state index in [2.05, 4.69) is 10.4 Å². The number of hydrogen-bond donors (Lipinski definition) is 1. The molecular formula is C12H12FN3O2. The molecule has 0 aliphatic carbocycles. The largest absolute Gasteiger partial charge is 0.485 e. The fraction of sp³-hybridized carbons (Fsp3) is 0.167. The Morgan fingerprint density at radius 2 is 2.33 bits per heavy atom. The Kier molecular flexibility index (Phi) is 3.57. The van der Waals surface area contributed by atoms with Crippen molar-refractivity contribution in [2.75, 3.05) is 5.32 Å². The lowest BCUT2D eigenvalue weighted by atomic mass is 10.3. The van der Waals surface area contributed by atoms with Crippen molar-refractivity contribution in [3.8, 4) is 5.75 Å². The van der Waals surface area contributed by atoms with Gasteiger partial charge in [-0.2, -0.15) is 5.10 Å². The number of halogens is 1. The summed E-state index contributed by atoms with van der Waals surface area (Å²) in [6.45, 7) is 0.250. The molecule has 0 fully saturated rings. The highest BCUT2D eigenvalue weighted by molar-refractivity contribution is 5.75. The van der Waals surface area contributed by atoms with Crippen LogP contribution in [0, 0.1) is 5.82 Å². The van der Waals surface area contributed by atoms with Crippen molar-refractivity contribution in [3.05, 3.63) is 42.0 Å². The first kappa shape index (κ1) is 12.1. The lowest BCUT2D eigenvalue weighted by Gasteiger charge is -2.09. The SMILES string of the molecule is Cn1ccc(COc2ccc(F)cc2NC=O)n1. The average molecular weight is 249 g/mol. The molecule has 0 saturated carbocycles. The van der Waals surface area contributed by atoms with Gasteiger partial charge in [0.1, 0.15) is 18.2 Å². The van der Waals surface area contributed by atoms with Crippen molar-refractivity contribution >= 4 is 12.1 Å². The number of aryl methyl sites for hydroxylation is 1. The summed E-state index contributed by atoms with van der Waals surface area (Å²) in [5, 5.41) is 6.53. The Hall–Kier alpha value is -2.37. The molecule has 94 valence electrons. The summed E-state index contributed by atoms with van der Waals surface area (Å²) in [6.07, 6.45) is 2.27. The van der Waals surface area contributed by atoms with E-state index in [1.54, 1.807) is 17.9 Å². The molecule has 0 aliphatic heterocycles. The van der Waals surface area contributed by atoms with Gasteiger partial charge < -0.3 is 10.1 Å². The van der Waals surface area contributed by atoms with Crippen LogP contribution >= 0.6 is 0 Å². The third-order valence-electron chi connectivity index (χ3n) is 2.30. The molecule has 2 rings (SSSR count). The molecule has 0 unspecified atom stereocenters. The number of ether oxygens (including phenoxy) is 1. The second-order valence-electron chi connectivity index (χ2n) is 3.67. The molecule has 6 heteroatoms. The predicted molar refractivity (Wildman–Crippen MR) is 63.6 cm³/mol. The second-order valence-corrected chi connectivity index (χ2v) is 3.67. The molecule has 0 atom stereocenters. The van der Waals surface area contributed by atoms with E-state index in [-0.39, 0.29) is 6.61 Å². The zero-order valence-electron chi connectivity index (χ0n) is 9.76. The van der Waals surface area contributed by atoms with Gasteiger partial charge in [0, 0.05) is 19.3 Å². The van der Waals surface area contributed by atoms with Crippen molar-refractivity contribution < 1.29 is 13.9 Å². The molecule has 1 aromatic carbocycles. The summed E-state index contributed by atoms with van der Waals surface area (Å²) in [6, 6.07) is 5.74. The van der Waals surface area contributed by atoms with Gasteiger partial charge in [-0.25, -0.2) is 4.39 Å². The minimum atomic E-state index is -0.440. The summed E-state index contributed by atoms with van der Waals surface area (Å²) in [5.74, 6) is -0.0429. The van der Waals surface area contributed by atoms with Crippen LogP contribution in [-0.4, -0.2) is 16.2 Å². The quantitative estimate of drug-likeness (QED) is 0.821. The minimum Gasteiger partial charge on any atom is -0.485 e. The minimum absolute atomic E-state index is 0.250. The Labute approximate surface area is 103 Å². The Morgan fingerprint density at radius 1 is 1.50 bits per heavy atom. The highest BCUT2D eigenvalue weighted by atomic mass is 19.1. The molecule has 1 N–H and O–H groups in total. The molecule has 5 nitrogen and oxygen atoms in total. The number of anilines is 1. The molecule has 0 saturated heterocycles. The highest BCUT2D eigenvalue weighted by Gasteiger charge is 2.06. The average Bonchev–Trinajstić information content (AvgIpc) is 2.75. The van der Waals surface area contributed by atoms with Crippen LogP contribution in [0.15, 0.2) is 30.5 Å². The molecule has 1 aromatic heterocycles. The first-order chi connectivity index (χ1) is 8.69. The van der Waals surface area contributed by atoms with E-state index in [0.717, 1.165) is 5.69 Å².